The standard InChI is InChI=1S/C14H24N2O4/c1-3-14(12(17)18)5-6-16(9-14)13(19)15-10(2)11-4-7-20-8-11/h10-11H,3-9H2,1-2H3,(H,15,19)(H,17,18). The van der Waals surface area contributed by atoms with Gasteiger partial charge in [0.25, 0.3) is 0 Å². The molecule has 2 fully saturated rings. The minimum atomic E-state index is -0.799. The molecule has 20 heavy (non-hydrogen) atoms. The van der Waals surface area contributed by atoms with Crippen LogP contribution in [0.4, 0.5) is 4.79 Å². The Morgan fingerprint density at radius 3 is 2.80 bits per heavy atom. The van der Waals surface area contributed by atoms with Crippen molar-refractivity contribution in [1.29, 1.82) is 0 Å². The highest BCUT2D eigenvalue weighted by Gasteiger charge is 2.45. The Balaban J connectivity index is 1.89. The molecule has 6 nitrogen and oxygen atoms in total. The number of amides is 2. The van der Waals surface area contributed by atoms with Crippen molar-refractivity contribution >= 4 is 12.0 Å². The number of carboxylic acid groups (broad SMARTS) is 1. The van der Waals surface area contributed by atoms with E-state index >= 15 is 0 Å². The van der Waals surface area contributed by atoms with Crippen LogP contribution in [-0.4, -0.2) is 54.4 Å². The van der Waals surface area contributed by atoms with E-state index in [1.807, 2.05) is 13.8 Å². The summed E-state index contributed by atoms with van der Waals surface area (Å²) in [4.78, 5) is 25.2. The van der Waals surface area contributed by atoms with Gasteiger partial charge in [0, 0.05) is 31.7 Å². The van der Waals surface area contributed by atoms with Crippen molar-refractivity contribution in [2.24, 2.45) is 11.3 Å². The van der Waals surface area contributed by atoms with Gasteiger partial charge in [0.05, 0.1) is 12.0 Å². The van der Waals surface area contributed by atoms with E-state index in [-0.39, 0.29) is 12.1 Å². The Kier molecular flexibility index (Phi) is 4.52. The molecule has 0 aromatic carbocycles. The lowest BCUT2D eigenvalue weighted by atomic mass is 9.84. The second kappa shape index (κ2) is 5.99. The number of aliphatic carboxylic acids is 1. The number of carbonyl (C=O) groups is 2. The summed E-state index contributed by atoms with van der Waals surface area (Å²) in [6.07, 6.45) is 2.06. The molecule has 0 bridgehead atoms. The minimum Gasteiger partial charge on any atom is -0.481 e. The van der Waals surface area contributed by atoms with E-state index in [2.05, 4.69) is 5.32 Å². The number of rotatable bonds is 4. The molecule has 0 aromatic rings. The van der Waals surface area contributed by atoms with Gasteiger partial charge >= 0.3 is 12.0 Å². The molecule has 2 N–H and O–H groups in total. The van der Waals surface area contributed by atoms with E-state index in [0.29, 0.717) is 38.5 Å². The molecule has 3 atom stereocenters. The van der Waals surface area contributed by atoms with E-state index in [1.165, 1.54) is 0 Å². The molecule has 3 unspecified atom stereocenters. The first-order chi connectivity index (χ1) is 9.48. The molecular formula is C14H24N2O4. The van der Waals surface area contributed by atoms with Crippen LogP contribution in [0.25, 0.3) is 0 Å². The average molecular weight is 284 g/mol. The fourth-order valence-corrected chi connectivity index (χ4v) is 3.01. The maximum absolute atomic E-state index is 12.2. The second-order valence-corrected chi connectivity index (χ2v) is 5.97. The highest BCUT2D eigenvalue weighted by Crippen LogP contribution is 2.34. The number of urea groups is 1. The zero-order valence-electron chi connectivity index (χ0n) is 12.2. The SMILES string of the molecule is CCC1(C(=O)O)CCN(C(=O)NC(C)C2CCOC2)C1. The summed E-state index contributed by atoms with van der Waals surface area (Å²) < 4.78 is 5.32. The van der Waals surface area contributed by atoms with Gasteiger partial charge in [-0.15, -0.1) is 0 Å². The zero-order chi connectivity index (χ0) is 14.8. The lowest BCUT2D eigenvalue weighted by Gasteiger charge is -2.26. The largest absolute Gasteiger partial charge is 0.481 e. The molecule has 114 valence electrons. The van der Waals surface area contributed by atoms with Crippen molar-refractivity contribution < 1.29 is 19.4 Å². The number of ether oxygens (including phenoxy) is 1. The highest BCUT2D eigenvalue weighted by atomic mass is 16.5. The summed E-state index contributed by atoms with van der Waals surface area (Å²) in [5.74, 6) is -0.440. The molecule has 0 saturated carbocycles. The van der Waals surface area contributed by atoms with Crippen molar-refractivity contribution in [3.8, 4) is 0 Å². The van der Waals surface area contributed by atoms with Crippen molar-refractivity contribution in [3.63, 3.8) is 0 Å². The van der Waals surface area contributed by atoms with Gasteiger partial charge in [-0.3, -0.25) is 4.79 Å². The first-order valence-corrected chi connectivity index (χ1v) is 7.35. The topological polar surface area (TPSA) is 78.9 Å². The molecule has 0 radical (unpaired) electrons. The predicted molar refractivity (Wildman–Crippen MR) is 73.5 cm³/mol. The van der Waals surface area contributed by atoms with Crippen LogP contribution in [0.2, 0.25) is 0 Å². The van der Waals surface area contributed by atoms with E-state index in [9.17, 15) is 14.7 Å². The third-order valence-electron chi connectivity index (χ3n) is 4.79. The van der Waals surface area contributed by atoms with Gasteiger partial charge in [0.1, 0.15) is 0 Å². The number of hydrogen-bond acceptors (Lipinski definition) is 3. The van der Waals surface area contributed by atoms with Gasteiger partial charge in [-0.25, -0.2) is 4.79 Å². The molecule has 2 rings (SSSR count). The summed E-state index contributed by atoms with van der Waals surface area (Å²) >= 11 is 0. The van der Waals surface area contributed by atoms with E-state index < -0.39 is 11.4 Å². The average Bonchev–Trinajstić information content (AvgIpc) is 3.08. The minimum absolute atomic E-state index is 0.0615. The Labute approximate surface area is 119 Å². The molecule has 2 aliphatic rings. The van der Waals surface area contributed by atoms with Crippen LogP contribution in [0.5, 0.6) is 0 Å². The third-order valence-corrected chi connectivity index (χ3v) is 4.79. The van der Waals surface area contributed by atoms with Gasteiger partial charge in [-0.2, -0.15) is 0 Å². The molecular weight excluding hydrogens is 260 g/mol. The lowest BCUT2D eigenvalue weighted by molar-refractivity contribution is -0.148. The molecule has 0 aromatic heterocycles. The van der Waals surface area contributed by atoms with Crippen LogP contribution in [-0.2, 0) is 9.53 Å². The molecule has 2 amide bonds. The van der Waals surface area contributed by atoms with Gasteiger partial charge in [-0.05, 0) is 26.2 Å². The summed E-state index contributed by atoms with van der Waals surface area (Å²) in [7, 11) is 0. The van der Waals surface area contributed by atoms with Gasteiger partial charge in [-0.1, -0.05) is 6.92 Å². The molecule has 0 aliphatic carbocycles. The quantitative estimate of drug-likeness (QED) is 0.816. The molecule has 6 heteroatoms. The summed E-state index contributed by atoms with van der Waals surface area (Å²) in [6, 6.07) is -0.0903. The number of nitrogens with zero attached hydrogens (tertiary/aromatic N) is 1. The molecule has 0 spiro atoms. The van der Waals surface area contributed by atoms with Gasteiger partial charge in [0.15, 0.2) is 0 Å². The van der Waals surface area contributed by atoms with Crippen LogP contribution >= 0.6 is 0 Å². The summed E-state index contributed by atoms with van der Waals surface area (Å²) in [5.41, 5.74) is -0.767. The van der Waals surface area contributed by atoms with E-state index in [0.717, 1.165) is 13.0 Å². The van der Waals surface area contributed by atoms with Crippen molar-refractivity contribution in [2.75, 3.05) is 26.3 Å². The monoisotopic (exact) mass is 284 g/mol. The second-order valence-electron chi connectivity index (χ2n) is 5.97. The number of carboxylic acids is 1. The first-order valence-electron chi connectivity index (χ1n) is 7.35. The van der Waals surface area contributed by atoms with Gasteiger partial charge < -0.3 is 20.1 Å². The lowest BCUT2D eigenvalue weighted by Crippen LogP contribution is -2.47. The van der Waals surface area contributed by atoms with Crippen LogP contribution < -0.4 is 5.32 Å². The van der Waals surface area contributed by atoms with Crippen molar-refractivity contribution in [3.05, 3.63) is 0 Å². The van der Waals surface area contributed by atoms with Crippen molar-refractivity contribution in [1.82, 2.24) is 10.2 Å². The first kappa shape index (κ1) is 15.1. The van der Waals surface area contributed by atoms with Crippen LogP contribution in [0.3, 0.4) is 0 Å². The summed E-state index contributed by atoms with van der Waals surface area (Å²) in [5, 5.41) is 12.3. The maximum Gasteiger partial charge on any atom is 0.317 e. The molecule has 2 heterocycles. The number of carbonyl (C=O) groups excluding carboxylic acids is 1. The van der Waals surface area contributed by atoms with Crippen LogP contribution in [0, 0.1) is 11.3 Å². The number of hydrogen-bond donors (Lipinski definition) is 2. The predicted octanol–water partition coefficient (Wildman–Crippen LogP) is 1.31. The third kappa shape index (κ3) is 2.90. The summed E-state index contributed by atoms with van der Waals surface area (Å²) in [6.45, 7) is 6.12. The smallest absolute Gasteiger partial charge is 0.317 e. The Morgan fingerprint density at radius 1 is 1.55 bits per heavy atom. The fourth-order valence-electron chi connectivity index (χ4n) is 3.01. The number of nitrogens with one attached hydrogen (secondary N) is 1. The fraction of sp³-hybridized carbons (Fsp3) is 0.857. The van der Waals surface area contributed by atoms with Crippen molar-refractivity contribution in [2.45, 2.75) is 39.2 Å². The maximum atomic E-state index is 12.2. The molecule has 2 saturated heterocycles. The normalized spacial score (nSPS) is 31.3. The van der Waals surface area contributed by atoms with E-state index in [1.54, 1.807) is 4.90 Å². The van der Waals surface area contributed by atoms with Crippen LogP contribution in [0.15, 0.2) is 0 Å². The Bertz CT molecular complexity index is 381. The Hall–Kier alpha value is -1.30. The number of likely N-dealkylation sites (tertiary alicyclic amines) is 1. The van der Waals surface area contributed by atoms with Crippen LogP contribution in [0.1, 0.15) is 33.1 Å². The zero-order valence-corrected chi connectivity index (χ0v) is 12.2. The Morgan fingerprint density at radius 2 is 2.30 bits per heavy atom. The van der Waals surface area contributed by atoms with Gasteiger partial charge in [0.2, 0.25) is 0 Å². The molecule has 2 aliphatic heterocycles. The highest BCUT2D eigenvalue weighted by molar-refractivity contribution is 5.79. The van der Waals surface area contributed by atoms with E-state index in [4.69, 9.17) is 4.74 Å².